The fourth-order valence-electron chi connectivity index (χ4n) is 2.56. The minimum absolute atomic E-state index is 0.192. The molecular weight excluding hydrogens is 312 g/mol. The number of hydrogen-bond acceptors (Lipinski definition) is 5. The second-order valence-corrected chi connectivity index (χ2v) is 5.01. The van der Waals surface area contributed by atoms with Crippen molar-refractivity contribution < 1.29 is 24.1 Å². The Balaban J connectivity index is 2.18. The number of ether oxygens (including phenoxy) is 3. The molecule has 1 heterocycles. The molecular formula is C17H16N2O5. The molecule has 1 N–H and O–H groups in total. The van der Waals surface area contributed by atoms with Crippen LogP contribution in [0.3, 0.4) is 0 Å². The molecule has 0 unspecified atom stereocenters. The highest BCUT2D eigenvalue weighted by molar-refractivity contribution is 5.92. The van der Waals surface area contributed by atoms with Gasteiger partial charge in [0.2, 0.25) is 5.75 Å². The number of aromatic nitrogens is 2. The number of hydrogen-bond donors (Lipinski definition) is 1. The van der Waals surface area contributed by atoms with Crippen molar-refractivity contribution in [2.24, 2.45) is 0 Å². The van der Waals surface area contributed by atoms with E-state index < -0.39 is 5.97 Å². The number of carbonyl (C=O) groups is 1. The van der Waals surface area contributed by atoms with Gasteiger partial charge in [-0.3, -0.25) is 4.57 Å². The number of methoxy groups -OCH3 is 3. The topological polar surface area (TPSA) is 82.8 Å². The maximum absolute atomic E-state index is 11.1. The zero-order valence-corrected chi connectivity index (χ0v) is 13.4. The maximum atomic E-state index is 11.1. The van der Waals surface area contributed by atoms with Crippen molar-refractivity contribution in [2.45, 2.75) is 0 Å². The van der Waals surface area contributed by atoms with Gasteiger partial charge in [0, 0.05) is 12.1 Å². The van der Waals surface area contributed by atoms with Crippen LogP contribution in [-0.4, -0.2) is 42.0 Å². The van der Waals surface area contributed by atoms with Gasteiger partial charge in [-0.05, 0) is 18.2 Å². The molecule has 0 spiro atoms. The van der Waals surface area contributed by atoms with E-state index in [1.807, 2.05) is 4.57 Å². The SMILES string of the molecule is COc1cc(-n2cnc3cc(C(=O)O)ccc32)cc(OC)c1OC. The zero-order chi connectivity index (χ0) is 17.3. The zero-order valence-electron chi connectivity index (χ0n) is 13.4. The highest BCUT2D eigenvalue weighted by Gasteiger charge is 2.16. The average molecular weight is 328 g/mol. The summed E-state index contributed by atoms with van der Waals surface area (Å²) in [6.45, 7) is 0. The molecule has 0 aliphatic heterocycles. The Kier molecular flexibility index (Phi) is 3.99. The molecule has 0 amide bonds. The lowest BCUT2D eigenvalue weighted by Crippen LogP contribution is -1.99. The standard InChI is InChI=1S/C17H16N2O5/c1-22-14-7-11(8-15(23-2)16(14)24-3)19-9-18-12-6-10(17(20)21)4-5-13(12)19/h4-9H,1-3H3,(H,20,21). The van der Waals surface area contributed by atoms with Crippen molar-refractivity contribution in [3.63, 3.8) is 0 Å². The van der Waals surface area contributed by atoms with Crippen LogP contribution in [0.2, 0.25) is 0 Å². The van der Waals surface area contributed by atoms with E-state index in [0.717, 1.165) is 11.2 Å². The number of benzene rings is 2. The van der Waals surface area contributed by atoms with Gasteiger partial charge >= 0.3 is 5.97 Å². The molecule has 7 nitrogen and oxygen atoms in total. The third kappa shape index (κ3) is 2.50. The van der Waals surface area contributed by atoms with E-state index >= 15 is 0 Å². The Labute approximate surface area is 138 Å². The lowest BCUT2D eigenvalue weighted by atomic mass is 10.2. The summed E-state index contributed by atoms with van der Waals surface area (Å²) >= 11 is 0. The van der Waals surface area contributed by atoms with Gasteiger partial charge in [0.05, 0.1) is 43.6 Å². The number of carboxylic acid groups (broad SMARTS) is 1. The summed E-state index contributed by atoms with van der Waals surface area (Å²) in [5, 5.41) is 9.08. The Morgan fingerprint density at radius 2 is 1.71 bits per heavy atom. The third-order valence-electron chi connectivity index (χ3n) is 3.72. The number of aromatic carboxylic acids is 1. The first-order chi connectivity index (χ1) is 11.6. The van der Waals surface area contributed by atoms with Crippen LogP contribution < -0.4 is 14.2 Å². The largest absolute Gasteiger partial charge is 0.493 e. The van der Waals surface area contributed by atoms with Crippen molar-refractivity contribution in [1.29, 1.82) is 0 Å². The summed E-state index contributed by atoms with van der Waals surface area (Å²) in [5.74, 6) is 0.562. The summed E-state index contributed by atoms with van der Waals surface area (Å²) in [5.41, 5.74) is 2.31. The summed E-state index contributed by atoms with van der Waals surface area (Å²) < 4.78 is 17.9. The van der Waals surface area contributed by atoms with Crippen molar-refractivity contribution >= 4 is 17.0 Å². The number of fused-ring (bicyclic) bond motifs is 1. The van der Waals surface area contributed by atoms with E-state index in [9.17, 15) is 4.79 Å². The number of carboxylic acids is 1. The predicted octanol–water partition coefficient (Wildman–Crippen LogP) is 2.75. The van der Waals surface area contributed by atoms with Crippen LogP contribution in [0.25, 0.3) is 16.7 Å². The number of nitrogens with zero attached hydrogens (tertiary/aromatic N) is 2. The molecule has 0 saturated carbocycles. The van der Waals surface area contributed by atoms with E-state index in [1.54, 1.807) is 51.9 Å². The van der Waals surface area contributed by atoms with Gasteiger partial charge in [0.25, 0.3) is 0 Å². The van der Waals surface area contributed by atoms with Gasteiger partial charge in [-0.15, -0.1) is 0 Å². The Hall–Kier alpha value is -3.22. The van der Waals surface area contributed by atoms with E-state index in [1.165, 1.54) is 6.07 Å². The second-order valence-electron chi connectivity index (χ2n) is 5.01. The minimum Gasteiger partial charge on any atom is -0.493 e. The van der Waals surface area contributed by atoms with Crippen molar-refractivity contribution in [2.75, 3.05) is 21.3 Å². The fraction of sp³-hybridized carbons (Fsp3) is 0.176. The van der Waals surface area contributed by atoms with Gasteiger partial charge in [0.15, 0.2) is 11.5 Å². The Bertz CT molecular complexity index is 891. The molecule has 2 aromatic carbocycles. The van der Waals surface area contributed by atoms with Crippen LogP contribution in [0, 0.1) is 0 Å². The van der Waals surface area contributed by atoms with Crippen LogP contribution in [0.15, 0.2) is 36.7 Å². The van der Waals surface area contributed by atoms with Crippen LogP contribution in [-0.2, 0) is 0 Å². The van der Waals surface area contributed by atoms with Crippen molar-refractivity contribution in [3.8, 4) is 22.9 Å². The summed E-state index contributed by atoms with van der Waals surface area (Å²) in [7, 11) is 4.64. The van der Waals surface area contributed by atoms with Crippen LogP contribution in [0.1, 0.15) is 10.4 Å². The predicted molar refractivity (Wildman–Crippen MR) is 87.7 cm³/mol. The van der Waals surface area contributed by atoms with Gasteiger partial charge < -0.3 is 19.3 Å². The van der Waals surface area contributed by atoms with E-state index in [-0.39, 0.29) is 5.56 Å². The minimum atomic E-state index is -0.987. The molecule has 124 valence electrons. The van der Waals surface area contributed by atoms with Crippen LogP contribution in [0.4, 0.5) is 0 Å². The molecule has 0 atom stereocenters. The molecule has 1 aromatic heterocycles. The van der Waals surface area contributed by atoms with E-state index in [2.05, 4.69) is 4.98 Å². The second kappa shape index (κ2) is 6.11. The Morgan fingerprint density at radius 3 is 2.25 bits per heavy atom. The number of rotatable bonds is 5. The number of imidazole rings is 1. The average Bonchev–Trinajstić information content (AvgIpc) is 3.03. The monoisotopic (exact) mass is 328 g/mol. The van der Waals surface area contributed by atoms with E-state index in [0.29, 0.717) is 22.8 Å². The highest BCUT2D eigenvalue weighted by Crippen LogP contribution is 2.39. The first-order valence-electron chi connectivity index (χ1n) is 7.09. The van der Waals surface area contributed by atoms with Gasteiger partial charge in [0.1, 0.15) is 6.33 Å². The molecule has 3 aromatic rings. The molecule has 0 aliphatic carbocycles. The molecule has 0 saturated heterocycles. The molecule has 0 aliphatic rings. The lowest BCUT2D eigenvalue weighted by Gasteiger charge is -2.14. The fourth-order valence-corrected chi connectivity index (χ4v) is 2.56. The van der Waals surface area contributed by atoms with Crippen LogP contribution in [0.5, 0.6) is 17.2 Å². The Morgan fingerprint density at radius 1 is 1.04 bits per heavy atom. The van der Waals surface area contributed by atoms with Crippen molar-refractivity contribution in [3.05, 3.63) is 42.2 Å². The third-order valence-corrected chi connectivity index (χ3v) is 3.72. The first kappa shape index (κ1) is 15.7. The summed E-state index contributed by atoms with van der Waals surface area (Å²) in [4.78, 5) is 15.4. The van der Waals surface area contributed by atoms with Crippen molar-refractivity contribution in [1.82, 2.24) is 9.55 Å². The molecule has 7 heteroatoms. The quantitative estimate of drug-likeness (QED) is 0.775. The lowest BCUT2D eigenvalue weighted by molar-refractivity contribution is 0.0697. The molecule has 0 fully saturated rings. The normalized spacial score (nSPS) is 10.6. The molecule has 24 heavy (non-hydrogen) atoms. The molecule has 0 bridgehead atoms. The van der Waals surface area contributed by atoms with Gasteiger partial charge in [-0.25, -0.2) is 9.78 Å². The smallest absolute Gasteiger partial charge is 0.335 e. The molecule has 3 rings (SSSR count). The van der Waals surface area contributed by atoms with Gasteiger partial charge in [-0.2, -0.15) is 0 Å². The summed E-state index contributed by atoms with van der Waals surface area (Å²) in [6, 6.07) is 8.39. The molecule has 0 radical (unpaired) electrons. The van der Waals surface area contributed by atoms with E-state index in [4.69, 9.17) is 19.3 Å². The summed E-state index contributed by atoms with van der Waals surface area (Å²) in [6.07, 6.45) is 1.62. The van der Waals surface area contributed by atoms with Gasteiger partial charge in [-0.1, -0.05) is 0 Å². The first-order valence-corrected chi connectivity index (χ1v) is 7.09. The maximum Gasteiger partial charge on any atom is 0.335 e. The highest BCUT2D eigenvalue weighted by atomic mass is 16.5. The van der Waals surface area contributed by atoms with Crippen LogP contribution >= 0.6 is 0 Å².